The Bertz CT molecular complexity index is 458. The number of nitrogens with one attached hydrogen (secondary N) is 1. The van der Waals surface area contributed by atoms with Gasteiger partial charge in [-0.05, 0) is 38.0 Å². The van der Waals surface area contributed by atoms with Gasteiger partial charge >= 0.3 is 0 Å². The summed E-state index contributed by atoms with van der Waals surface area (Å²) in [6.45, 7) is 6.59. The van der Waals surface area contributed by atoms with Crippen LogP contribution in [0.3, 0.4) is 0 Å². The topological polar surface area (TPSA) is 33.6 Å². The SMILES string of the molecule is CCC1(C)CSC(=NC(C)c2ccc(OC)cc2)N1. The highest BCUT2D eigenvalue weighted by Crippen LogP contribution is 2.28. The average Bonchev–Trinajstić information content (AvgIpc) is 2.81. The van der Waals surface area contributed by atoms with Crippen LogP contribution in [-0.4, -0.2) is 23.6 Å². The van der Waals surface area contributed by atoms with Gasteiger partial charge in [-0.3, -0.25) is 4.99 Å². The van der Waals surface area contributed by atoms with Gasteiger partial charge in [-0.1, -0.05) is 30.8 Å². The molecule has 2 atom stereocenters. The van der Waals surface area contributed by atoms with E-state index in [9.17, 15) is 0 Å². The van der Waals surface area contributed by atoms with Crippen molar-refractivity contribution in [3.63, 3.8) is 0 Å². The molecule has 0 spiro atoms. The lowest BCUT2D eigenvalue weighted by Gasteiger charge is -2.21. The fourth-order valence-electron chi connectivity index (χ4n) is 1.95. The number of hydrogen-bond acceptors (Lipinski definition) is 3. The van der Waals surface area contributed by atoms with Crippen molar-refractivity contribution in [3.05, 3.63) is 29.8 Å². The van der Waals surface area contributed by atoms with E-state index in [0.717, 1.165) is 23.1 Å². The van der Waals surface area contributed by atoms with E-state index in [0.29, 0.717) is 0 Å². The second-order valence-electron chi connectivity index (χ2n) is 5.21. The molecule has 1 heterocycles. The molecule has 4 heteroatoms. The fourth-order valence-corrected chi connectivity index (χ4v) is 3.23. The summed E-state index contributed by atoms with van der Waals surface area (Å²) in [4.78, 5) is 4.77. The lowest BCUT2D eigenvalue weighted by Crippen LogP contribution is -2.39. The zero-order valence-corrected chi connectivity index (χ0v) is 12.9. The van der Waals surface area contributed by atoms with E-state index < -0.39 is 0 Å². The van der Waals surface area contributed by atoms with Crippen molar-refractivity contribution >= 4 is 16.9 Å². The lowest BCUT2D eigenvalue weighted by atomic mass is 10.0. The number of thioether (sulfide) groups is 1. The predicted octanol–water partition coefficient (Wildman–Crippen LogP) is 3.62. The van der Waals surface area contributed by atoms with Gasteiger partial charge in [-0.2, -0.15) is 0 Å². The smallest absolute Gasteiger partial charge is 0.157 e. The molecule has 0 aromatic heterocycles. The molecule has 1 aliphatic rings. The van der Waals surface area contributed by atoms with Crippen LogP contribution in [0.2, 0.25) is 0 Å². The molecule has 1 fully saturated rings. The maximum absolute atomic E-state index is 5.17. The summed E-state index contributed by atoms with van der Waals surface area (Å²) in [5.74, 6) is 1.98. The minimum absolute atomic E-state index is 0.167. The highest BCUT2D eigenvalue weighted by molar-refractivity contribution is 8.14. The average molecular weight is 278 g/mol. The van der Waals surface area contributed by atoms with E-state index in [2.05, 4.69) is 38.2 Å². The van der Waals surface area contributed by atoms with Gasteiger partial charge in [0.25, 0.3) is 0 Å². The van der Waals surface area contributed by atoms with Crippen LogP contribution in [0.4, 0.5) is 0 Å². The Hall–Kier alpha value is -1.16. The van der Waals surface area contributed by atoms with Gasteiger partial charge in [-0.15, -0.1) is 0 Å². The van der Waals surface area contributed by atoms with Gasteiger partial charge in [0.1, 0.15) is 5.75 Å². The fraction of sp³-hybridized carbons (Fsp3) is 0.533. The Morgan fingerprint density at radius 1 is 1.42 bits per heavy atom. The first-order valence-corrected chi connectivity index (χ1v) is 7.67. The van der Waals surface area contributed by atoms with Crippen LogP contribution >= 0.6 is 11.8 Å². The van der Waals surface area contributed by atoms with E-state index in [1.165, 1.54) is 5.56 Å². The molecule has 0 aliphatic carbocycles. The maximum Gasteiger partial charge on any atom is 0.157 e. The van der Waals surface area contributed by atoms with Crippen molar-refractivity contribution in [2.24, 2.45) is 4.99 Å². The van der Waals surface area contributed by atoms with Gasteiger partial charge in [0.2, 0.25) is 0 Å². The largest absolute Gasteiger partial charge is 0.497 e. The van der Waals surface area contributed by atoms with E-state index in [1.54, 1.807) is 7.11 Å². The van der Waals surface area contributed by atoms with Crippen LogP contribution in [0.25, 0.3) is 0 Å². The Morgan fingerprint density at radius 3 is 2.63 bits per heavy atom. The Morgan fingerprint density at radius 2 is 2.11 bits per heavy atom. The summed E-state index contributed by atoms with van der Waals surface area (Å²) >= 11 is 1.82. The maximum atomic E-state index is 5.17. The Kier molecular flexibility index (Phi) is 4.40. The van der Waals surface area contributed by atoms with E-state index in [-0.39, 0.29) is 11.6 Å². The van der Waals surface area contributed by atoms with Crippen molar-refractivity contribution in [2.45, 2.75) is 38.8 Å². The van der Waals surface area contributed by atoms with Crippen LogP contribution in [0.15, 0.2) is 29.3 Å². The van der Waals surface area contributed by atoms with Crippen molar-refractivity contribution in [2.75, 3.05) is 12.9 Å². The predicted molar refractivity (Wildman–Crippen MR) is 83.1 cm³/mol. The number of hydrogen-bond donors (Lipinski definition) is 1. The quantitative estimate of drug-likeness (QED) is 0.913. The summed E-state index contributed by atoms with van der Waals surface area (Å²) in [6.07, 6.45) is 1.12. The molecule has 19 heavy (non-hydrogen) atoms. The van der Waals surface area contributed by atoms with E-state index in [4.69, 9.17) is 9.73 Å². The molecule has 104 valence electrons. The van der Waals surface area contributed by atoms with Crippen molar-refractivity contribution < 1.29 is 4.74 Å². The van der Waals surface area contributed by atoms with Crippen LogP contribution in [-0.2, 0) is 0 Å². The molecular formula is C15H22N2OS. The van der Waals surface area contributed by atoms with Crippen LogP contribution in [0, 0.1) is 0 Å². The molecule has 2 unspecified atom stereocenters. The van der Waals surface area contributed by atoms with Crippen LogP contribution in [0.1, 0.15) is 38.8 Å². The zero-order valence-electron chi connectivity index (χ0n) is 12.1. The van der Waals surface area contributed by atoms with E-state index >= 15 is 0 Å². The number of rotatable bonds is 4. The van der Waals surface area contributed by atoms with Crippen molar-refractivity contribution in [1.82, 2.24) is 5.32 Å². The molecule has 1 aromatic rings. The highest BCUT2D eigenvalue weighted by atomic mass is 32.2. The zero-order chi connectivity index (χ0) is 13.9. The van der Waals surface area contributed by atoms with Crippen molar-refractivity contribution in [3.8, 4) is 5.75 Å². The molecule has 1 N–H and O–H groups in total. The first kappa shape index (κ1) is 14.3. The normalized spacial score (nSPS) is 26.2. The third-order valence-electron chi connectivity index (χ3n) is 3.63. The molecule has 3 nitrogen and oxygen atoms in total. The number of amidine groups is 1. The molecule has 1 saturated heterocycles. The Balaban J connectivity index is 2.06. The molecule has 0 amide bonds. The third-order valence-corrected chi connectivity index (χ3v) is 4.89. The third kappa shape index (κ3) is 3.44. The second-order valence-corrected chi connectivity index (χ2v) is 6.18. The lowest BCUT2D eigenvalue weighted by molar-refractivity contribution is 0.414. The summed E-state index contributed by atoms with van der Waals surface area (Å²) < 4.78 is 5.17. The molecule has 1 aromatic carbocycles. The minimum Gasteiger partial charge on any atom is -0.497 e. The van der Waals surface area contributed by atoms with Gasteiger partial charge in [-0.25, -0.2) is 0 Å². The van der Waals surface area contributed by atoms with Gasteiger partial charge in [0.05, 0.1) is 13.2 Å². The summed E-state index contributed by atoms with van der Waals surface area (Å²) in [7, 11) is 1.68. The number of nitrogens with zero attached hydrogens (tertiary/aromatic N) is 1. The number of ether oxygens (including phenoxy) is 1. The number of benzene rings is 1. The second kappa shape index (κ2) is 5.87. The van der Waals surface area contributed by atoms with Gasteiger partial charge < -0.3 is 10.1 Å². The van der Waals surface area contributed by atoms with Crippen LogP contribution < -0.4 is 10.1 Å². The minimum atomic E-state index is 0.167. The first-order valence-electron chi connectivity index (χ1n) is 6.69. The molecule has 0 saturated carbocycles. The molecular weight excluding hydrogens is 256 g/mol. The molecule has 0 radical (unpaired) electrons. The van der Waals surface area contributed by atoms with Crippen LogP contribution in [0.5, 0.6) is 5.75 Å². The monoisotopic (exact) mass is 278 g/mol. The molecule has 1 aliphatic heterocycles. The highest BCUT2D eigenvalue weighted by Gasteiger charge is 2.30. The summed E-state index contributed by atoms with van der Waals surface area (Å²) in [5.41, 5.74) is 1.41. The van der Waals surface area contributed by atoms with Gasteiger partial charge in [0, 0.05) is 11.3 Å². The molecule has 2 rings (SSSR count). The van der Waals surface area contributed by atoms with Gasteiger partial charge in [0.15, 0.2) is 5.17 Å². The Labute approximate surface area is 119 Å². The summed E-state index contributed by atoms with van der Waals surface area (Å²) in [6, 6.07) is 8.29. The first-order chi connectivity index (χ1) is 9.06. The molecule has 0 bridgehead atoms. The van der Waals surface area contributed by atoms with Crippen molar-refractivity contribution in [1.29, 1.82) is 0 Å². The number of methoxy groups -OCH3 is 1. The summed E-state index contributed by atoms with van der Waals surface area (Å²) in [5, 5.41) is 4.59. The standard InChI is InChI=1S/C15H22N2OS/c1-5-15(3)10-19-14(17-15)16-11(2)12-6-8-13(18-4)9-7-12/h6-9,11H,5,10H2,1-4H3,(H,16,17). The number of aliphatic imine (C=N–C) groups is 1. The van der Waals surface area contributed by atoms with E-state index in [1.807, 2.05) is 23.9 Å².